The Bertz CT molecular complexity index is 631. The van der Waals surface area contributed by atoms with Crippen molar-refractivity contribution in [3.8, 4) is 0 Å². The van der Waals surface area contributed by atoms with Crippen LogP contribution in [0.5, 0.6) is 0 Å². The number of aliphatic carboxylic acids is 2. The van der Waals surface area contributed by atoms with Crippen LogP contribution >= 0.6 is 0 Å². The summed E-state index contributed by atoms with van der Waals surface area (Å²) in [4.78, 5) is 35.7. The number of benzene rings is 1. The van der Waals surface area contributed by atoms with Crippen LogP contribution in [-0.4, -0.2) is 34.8 Å². The first kappa shape index (κ1) is 25.5. The van der Waals surface area contributed by atoms with Crippen LogP contribution in [0.1, 0.15) is 24.8 Å². The first-order chi connectivity index (χ1) is 10.9. The van der Waals surface area contributed by atoms with Crippen molar-refractivity contribution >= 4 is 29.7 Å². The molecule has 0 saturated heterocycles. The Kier molecular flexibility index (Phi) is 13.8. The average Bonchev–Trinajstić information content (AvgIpc) is 2.52. The van der Waals surface area contributed by atoms with Gasteiger partial charge in [0.2, 0.25) is 5.78 Å². The van der Waals surface area contributed by atoms with Gasteiger partial charge < -0.3 is 20.1 Å². The van der Waals surface area contributed by atoms with Crippen molar-refractivity contribution in [3.63, 3.8) is 0 Å². The second-order valence-corrected chi connectivity index (χ2v) is 4.67. The zero-order chi connectivity index (χ0) is 17.2. The van der Waals surface area contributed by atoms with Crippen LogP contribution in [0.25, 0.3) is 6.08 Å². The number of carboxylic acid groups (broad SMARTS) is 2. The molecule has 0 heterocycles. The summed E-state index contributed by atoms with van der Waals surface area (Å²) in [7, 11) is 0. The van der Waals surface area contributed by atoms with Crippen molar-refractivity contribution < 1.29 is 67.4 Å². The van der Waals surface area contributed by atoms with E-state index in [0.717, 1.165) is 11.6 Å². The summed E-state index contributed by atoms with van der Waals surface area (Å²) in [5, 5.41) is 31.0. The van der Waals surface area contributed by atoms with Gasteiger partial charge in [-0.3, -0.25) is 9.79 Å². The number of Topliss-reactive ketones (excluding diaryl/α,β-unsaturated/α-hetero) is 1. The van der Waals surface area contributed by atoms with E-state index in [-0.39, 0.29) is 57.0 Å². The Balaban J connectivity index is 0. The Morgan fingerprint density at radius 2 is 1.72 bits per heavy atom. The molecule has 0 aliphatic rings. The Morgan fingerprint density at radius 3 is 2.24 bits per heavy atom. The Morgan fingerprint density at radius 1 is 1.12 bits per heavy atom. The molecule has 0 aromatic heterocycles. The molecular weight excluding hydrogens is 316 g/mol. The monoisotopic (exact) mass is 331 g/mol. The van der Waals surface area contributed by atoms with Gasteiger partial charge in [-0.2, -0.15) is 0 Å². The molecule has 1 atom stereocenters. The second kappa shape index (κ2) is 13.5. The van der Waals surface area contributed by atoms with Gasteiger partial charge in [-0.25, -0.2) is 4.79 Å². The summed E-state index contributed by atoms with van der Waals surface area (Å²) in [5.74, 6) is -4.88. The van der Waals surface area contributed by atoms with Gasteiger partial charge in [-0.15, -0.1) is 0 Å². The summed E-state index contributed by atoms with van der Waals surface area (Å²) >= 11 is 0. The standard InChI is InChI=1S/C16H17NO6.2Li/c18-13(16(22)23)8-4-7-12(15(20)21)17-14(19)10-9-11-5-2-1-3-6-11;;/h1-3,5-6,9-10,12H,4,7-8H2,(H,17,19)(H,20,21)(H,22,23);;/q;2*+1/p-2/b10-9+;;/t12-;;/m0../s1. The minimum absolute atomic E-state index is 0. The molecule has 1 aromatic rings. The van der Waals surface area contributed by atoms with Crippen molar-refractivity contribution in [1.29, 1.82) is 0 Å². The molecule has 0 unspecified atom stereocenters. The Hall–Kier alpha value is -1.77. The molecule has 0 saturated carbocycles. The predicted octanol–water partition coefficient (Wildman–Crippen LogP) is -6.59. The zero-order valence-electron chi connectivity index (χ0n) is 14.2. The SMILES string of the molecule is O=C(O)C(=O)CCC[C@H](N=C([O-])/C=C/c1ccccc1)C(=O)[O-].[Li+].[Li+]. The van der Waals surface area contributed by atoms with Gasteiger partial charge >= 0.3 is 43.7 Å². The van der Waals surface area contributed by atoms with E-state index in [4.69, 9.17) is 5.11 Å². The molecule has 1 N–H and O–H groups in total. The van der Waals surface area contributed by atoms with E-state index in [2.05, 4.69) is 4.99 Å². The van der Waals surface area contributed by atoms with E-state index in [1.165, 1.54) is 6.08 Å². The molecule has 0 bridgehead atoms. The summed E-state index contributed by atoms with van der Waals surface area (Å²) < 4.78 is 0. The van der Waals surface area contributed by atoms with E-state index in [1.54, 1.807) is 24.3 Å². The summed E-state index contributed by atoms with van der Waals surface area (Å²) in [6.07, 6.45) is 2.15. The molecular formula is C16H15Li2NO6. The van der Waals surface area contributed by atoms with E-state index >= 15 is 0 Å². The molecule has 1 aromatic carbocycles. The fourth-order valence-electron chi connectivity index (χ4n) is 1.73. The number of rotatable bonds is 9. The van der Waals surface area contributed by atoms with Gasteiger partial charge in [0.05, 0.1) is 12.0 Å². The molecule has 1 rings (SSSR count). The number of aliphatic imine (C=N–C) groups is 1. The minimum atomic E-state index is -1.58. The average molecular weight is 331 g/mol. The van der Waals surface area contributed by atoms with E-state index < -0.39 is 29.7 Å². The van der Waals surface area contributed by atoms with E-state index in [1.807, 2.05) is 6.07 Å². The molecule has 122 valence electrons. The van der Waals surface area contributed by atoms with Crippen molar-refractivity contribution in [2.24, 2.45) is 4.99 Å². The topological polar surface area (TPSA) is 130 Å². The molecule has 0 aliphatic heterocycles. The zero-order valence-corrected chi connectivity index (χ0v) is 14.2. The number of hydrogen-bond acceptors (Lipinski definition) is 6. The molecule has 0 fully saturated rings. The third-order valence-electron chi connectivity index (χ3n) is 2.89. The third kappa shape index (κ3) is 10.7. The Labute approximate surface area is 169 Å². The predicted molar refractivity (Wildman–Crippen MR) is 78.2 cm³/mol. The second-order valence-electron chi connectivity index (χ2n) is 4.67. The number of ketones is 1. The largest absolute Gasteiger partial charge is 1.00 e. The quantitative estimate of drug-likeness (QED) is 0.207. The number of carbonyl (C=O) groups is 3. The first-order valence-electron chi connectivity index (χ1n) is 6.85. The van der Waals surface area contributed by atoms with Gasteiger partial charge in [0.25, 0.3) is 0 Å². The summed E-state index contributed by atoms with van der Waals surface area (Å²) in [5.41, 5.74) is 0.758. The fourth-order valence-corrected chi connectivity index (χ4v) is 1.73. The van der Waals surface area contributed by atoms with Crippen LogP contribution in [0.2, 0.25) is 0 Å². The van der Waals surface area contributed by atoms with Crippen LogP contribution in [0, 0.1) is 0 Å². The van der Waals surface area contributed by atoms with Gasteiger partial charge in [0.15, 0.2) is 0 Å². The first-order valence-corrected chi connectivity index (χ1v) is 6.85. The molecule has 9 heteroatoms. The van der Waals surface area contributed by atoms with Crippen molar-refractivity contribution in [3.05, 3.63) is 42.0 Å². The molecule has 7 nitrogen and oxygen atoms in total. The van der Waals surface area contributed by atoms with Gasteiger partial charge in [-0.1, -0.05) is 42.5 Å². The maximum absolute atomic E-state index is 11.6. The van der Waals surface area contributed by atoms with Crippen molar-refractivity contribution in [2.75, 3.05) is 0 Å². The minimum Gasteiger partial charge on any atom is -0.859 e. The summed E-state index contributed by atoms with van der Waals surface area (Å²) in [6, 6.07) is 7.49. The molecule has 0 spiro atoms. The van der Waals surface area contributed by atoms with Crippen LogP contribution in [0.15, 0.2) is 41.4 Å². The van der Waals surface area contributed by atoms with E-state index in [9.17, 15) is 24.6 Å². The van der Waals surface area contributed by atoms with Crippen LogP contribution in [0.3, 0.4) is 0 Å². The van der Waals surface area contributed by atoms with Crippen LogP contribution < -0.4 is 47.9 Å². The maximum Gasteiger partial charge on any atom is 1.00 e. The summed E-state index contributed by atoms with van der Waals surface area (Å²) in [6.45, 7) is 0. The van der Waals surface area contributed by atoms with Gasteiger partial charge in [0, 0.05) is 6.42 Å². The number of carboxylic acids is 2. The molecule has 0 radical (unpaired) electrons. The number of carbonyl (C=O) groups excluding carboxylic acids is 2. The maximum atomic E-state index is 11.6. The number of hydrogen-bond donors (Lipinski definition) is 1. The van der Waals surface area contributed by atoms with Crippen molar-refractivity contribution in [2.45, 2.75) is 25.3 Å². The fraction of sp³-hybridized carbons (Fsp3) is 0.250. The third-order valence-corrected chi connectivity index (χ3v) is 2.89. The molecule has 0 aliphatic carbocycles. The van der Waals surface area contributed by atoms with Crippen LogP contribution in [-0.2, 0) is 14.4 Å². The van der Waals surface area contributed by atoms with Crippen molar-refractivity contribution in [1.82, 2.24) is 0 Å². The smallest absolute Gasteiger partial charge is 0.859 e. The van der Waals surface area contributed by atoms with Gasteiger partial charge in [-0.05, 0) is 24.3 Å². The number of nitrogens with zero attached hydrogens (tertiary/aromatic N) is 1. The normalized spacial score (nSPS) is 11.9. The molecule has 25 heavy (non-hydrogen) atoms. The van der Waals surface area contributed by atoms with Crippen LogP contribution in [0.4, 0.5) is 0 Å². The van der Waals surface area contributed by atoms with Gasteiger partial charge in [0.1, 0.15) is 0 Å². The molecule has 0 amide bonds. The van der Waals surface area contributed by atoms with E-state index in [0.29, 0.717) is 0 Å².